The minimum Gasteiger partial charge on any atom is -0.497 e. The van der Waals surface area contributed by atoms with Crippen LogP contribution in [0.2, 0.25) is 0 Å². The van der Waals surface area contributed by atoms with Gasteiger partial charge in [0.1, 0.15) is 11.8 Å². The van der Waals surface area contributed by atoms with Crippen LogP contribution in [0, 0.1) is 11.3 Å². The molecule has 1 N–H and O–H groups in total. The standard InChI is InChI=1S/C13H12N2OS/c1-16-12-4-2-3-11(7-12)15-13(8-14)10-5-6-17-9-10/h2-7,9,13,15H,1H3. The number of hydrogen-bond acceptors (Lipinski definition) is 4. The molecule has 0 bridgehead atoms. The third-order valence-corrected chi connectivity index (χ3v) is 3.09. The van der Waals surface area contributed by atoms with Crippen molar-refractivity contribution in [2.24, 2.45) is 0 Å². The summed E-state index contributed by atoms with van der Waals surface area (Å²) >= 11 is 1.59. The number of hydrogen-bond donors (Lipinski definition) is 1. The van der Waals surface area contributed by atoms with Gasteiger partial charge < -0.3 is 10.1 Å². The average molecular weight is 244 g/mol. The predicted octanol–water partition coefficient (Wildman–Crippen LogP) is 3.43. The molecule has 1 unspecified atom stereocenters. The first kappa shape index (κ1) is 11.5. The zero-order valence-electron chi connectivity index (χ0n) is 9.38. The van der Waals surface area contributed by atoms with Crippen LogP contribution in [0.15, 0.2) is 41.1 Å². The molecule has 17 heavy (non-hydrogen) atoms. The van der Waals surface area contributed by atoms with Crippen molar-refractivity contribution < 1.29 is 4.74 Å². The van der Waals surface area contributed by atoms with Crippen LogP contribution >= 0.6 is 11.3 Å². The minimum absolute atomic E-state index is 0.326. The molecule has 0 radical (unpaired) electrons. The molecule has 2 aromatic rings. The van der Waals surface area contributed by atoms with Crippen molar-refractivity contribution in [1.29, 1.82) is 5.26 Å². The van der Waals surface area contributed by atoms with Gasteiger partial charge in [0.2, 0.25) is 0 Å². The topological polar surface area (TPSA) is 45.0 Å². The summed E-state index contributed by atoms with van der Waals surface area (Å²) in [5.74, 6) is 0.775. The Kier molecular flexibility index (Phi) is 3.63. The summed E-state index contributed by atoms with van der Waals surface area (Å²) in [4.78, 5) is 0. The van der Waals surface area contributed by atoms with E-state index < -0.39 is 0 Å². The van der Waals surface area contributed by atoms with E-state index in [9.17, 15) is 0 Å². The molecule has 0 saturated carbocycles. The molecule has 2 rings (SSSR count). The summed E-state index contributed by atoms with van der Waals surface area (Å²) in [5.41, 5.74) is 1.86. The second-order valence-corrected chi connectivity index (χ2v) is 4.28. The Morgan fingerprint density at radius 1 is 1.41 bits per heavy atom. The van der Waals surface area contributed by atoms with E-state index in [1.807, 2.05) is 41.1 Å². The molecule has 0 aliphatic heterocycles. The number of nitrogens with one attached hydrogen (secondary N) is 1. The number of methoxy groups -OCH3 is 1. The molecule has 0 amide bonds. The molecule has 1 aromatic heterocycles. The molecule has 3 nitrogen and oxygen atoms in total. The molecule has 0 aliphatic carbocycles. The van der Waals surface area contributed by atoms with Crippen LogP contribution in [-0.2, 0) is 0 Å². The normalized spacial score (nSPS) is 11.5. The smallest absolute Gasteiger partial charge is 0.141 e. The lowest BCUT2D eigenvalue weighted by molar-refractivity contribution is 0.415. The van der Waals surface area contributed by atoms with Gasteiger partial charge in [0.15, 0.2) is 0 Å². The zero-order valence-corrected chi connectivity index (χ0v) is 10.2. The van der Waals surface area contributed by atoms with Crippen molar-refractivity contribution >= 4 is 17.0 Å². The van der Waals surface area contributed by atoms with E-state index >= 15 is 0 Å². The Morgan fingerprint density at radius 3 is 2.94 bits per heavy atom. The van der Waals surface area contributed by atoms with Crippen LogP contribution < -0.4 is 10.1 Å². The van der Waals surface area contributed by atoms with Gasteiger partial charge in [0.05, 0.1) is 13.2 Å². The quantitative estimate of drug-likeness (QED) is 0.896. The lowest BCUT2D eigenvalue weighted by Crippen LogP contribution is -2.07. The molecule has 1 atom stereocenters. The van der Waals surface area contributed by atoms with Gasteiger partial charge in [-0.15, -0.1) is 0 Å². The molecule has 1 heterocycles. The third-order valence-electron chi connectivity index (χ3n) is 2.39. The molecule has 0 fully saturated rings. The third kappa shape index (κ3) is 2.77. The Balaban J connectivity index is 2.16. The molecule has 0 saturated heterocycles. The molecular weight excluding hydrogens is 232 g/mol. The molecule has 0 aliphatic rings. The van der Waals surface area contributed by atoms with Crippen LogP contribution in [0.25, 0.3) is 0 Å². The van der Waals surface area contributed by atoms with E-state index in [4.69, 9.17) is 10.00 Å². The summed E-state index contributed by atoms with van der Waals surface area (Å²) in [6, 6.07) is 11.4. The summed E-state index contributed by atoms with van der Waals surface area (Å²) in [7, 11) is 1.62. The van der Waals surface area contributed by atoms with Crippen LogP contribution in [0.4, 0.5) is 5.69 Å². The lowest BCUT2D eigenvalue weighted by atomic mass is 10.1. The number of thiophene rings is 1. The monoisotopic (exact) mass is 244 g/mol. The highest BCUT2D eigenvalue weighted by Gasteiger charge is 2.10. The van der Waals surface area contributed by atoms with E-state index in [1.165, 1.54) is 0 Å². The largest absolute Gasteiger partial charge is 0.497 e. The highest BCUT2D eigenvalue weighted by atomic mass is 32.1. The fraction of sp³-hybridized carbons (Fsp3) is 0.154. The molecule has 4 heteroatoms. The maximum atomic E-state index is 9.15. The van der Waals surface area contributed by atoms with E-state index in [-0.39, 0.29) is 6.04 Å². The Labute approximate surface area is 104 Å². The van der Waals surface area contributed by atoms with E-state index in [1.54, 1.807) is 18.4 Å². The fourth-order valence-electron chi connectivity index (χ4n) is 1.51. The maximum Gasteiger partial charge on any atom is 0.141 e. The summed E-state index contributed by atoms with van der Waals surface area (Å²) in [5, 5.41) is 16.3. The van der Waals surface area contributed by atoms with Gasteiger partial charge in [0.25, 0.3) is 0 Å². The number of benzene rings is 1. The van der Waals surface area contributed by atoms with Gasteiger partial charge in [-0.25, -0.2) is 0 Å². The molecule has 1 aromatic carbocycles. The summed E-state index contributed by atoms with van der Waals surface area (Å²) in [6.45, 7) is 0. The number of rotatable bonds is 4. The Morgan fingerprint density at radius 2 is 2.29 bits per heavy atom. The number of ether oxygens (including phenoxy) is 1. The zero-order chi connectivity index (χ0) is 12.1. The van der Waals surface area contributed by atoms with Crippen LogP contribution in [-0.4, -0.2) is 7.11 Å². The first-order chi connectivity index (χ1) is 8.33. The highest BCUT2D eigenvalue weighted by molar-refractivity contribution is 7.08. The van der Waals surface area contributed by atoms with Gasteiger partial charge in [0, 0.05) is 11.8 Å². The van der Waals surface area contributed by atoms with Crippen molar-refractivity contribution in [2.45, 2.75) is 6.04 Å². The second kappa shape index (κ2) is 5.37. The van der Waals surface area contributed by atoms with Crippen LogP contribution in [0.3, 0.4) is 0 Å². The first-order valence-electron chi connectivity index (χ1n) is 5.16. The fourth-order valence-corrected chi connectivity index (χ4v) is 2.19. The molecule has 0 spiro atoms. The second-order valence-electron chi connectivity index (χ2n) is 3.50. The minimum atomic E-state index is -0.326. The van der Waals surface area contributed by atoms with Gasteiger partial charge in [-0.2, -0.15) is 16.6 Å². The lowest BCUT2D eigenvalue weighted by Gasteiger charge is -2.12. The van der Waals surface area contributed by atoms with Crippen molar-refractivity contribution in [2.75, 3.05) is 12.4 Å². The Hall–Kier alpha value is -1.99. The summed E-state index contributed by atoms with van der Waals surface area (Å²) in [6.07, 6.45) is 0. The van der Waals surface area contributed by atoms with E-state index in [0.717, 1.165) is 17.0 Å². The van der Waals surface area contributed by atoms with E-state index in [2.05, 4.69) is 11.4 Å². The van der Waals surface area contributed by atoms with Gasteiger partial charge in [-0.1, -0.05) is 6.07 Å². The number of nitrogens with zero attached hydrogens (tertiary/aromatic N) is 1. The molecule has 86 valence electrons. The number of anilines is 1. The van der Waals surface area contributed by atoms with Gasteiger partial charge >= 0.3 is 0 Å². The first-order valence-corrected chi connectivity index (χ1v) is 6.10. The average Bonchev–Trinajstić information content (AvgIpc) is 2.90. The van der Waals surface area contributed by atoms with Crippen LogP contribution in [0.5, 0.6) is 5.75 Å². The van der Waals surface area contributed by atoms with Crippen molar-refractivity contribution in [1.82, 2.24) is 0 Å². The van der Waals surface area contributed by atoms with Crippen LogP contribution in [0.1, 0.15) is 11.6 Å². The number of nitriles is 1. The van der Waals surface area contributed by atoms with Gasteiger partial charge in [-0.3, -0.25) is 0 Å². The van der Waals surface area contributed by atoms with Crippen molar-refractivity contribution in [3.05, 3.63) is 46.7 Å². The van der Waals surface area contributed by atoms with E-state index in [0.29, 0.717) is 0 Å². The SMILES string of the molecule is COc1cccc(NC(C#N)c2ccsc2)c1. The molecular formula is C13H12N2OS. The maximum absolute atomic E-state index is 9.15. The Bertz CT molecular complexity index is 516. The van der Waals surface area contributed by atoms with Gasteiger partial charge in [-0.05, 0) is 34.5 Å². The highest BCUT2D eigenvalue weighted by Crippen LogP contribution is 2.23. The van der Waals surface area contributed by atoms with Crippen molar-refractivity contribution in [3.8, 4) is 11.8 Å². The van der Waals surface area contributed by atoms with Crippen molar-refractivity contribution in [3.63, 3.8) is 0 Å². The predicted molar refractivity (Wildman–Crippen MR) is 69.3 cm³/mol. The summed E-state index contributed by atoms with van der Waals surface area (Å²) < 4.78 is 5.14.